The van der Waals surface area contributed by atoms with Crippen LogP contribution in [0.2, 0.25) is 0 Å². The lowest BCUT2D eigenvalue weighted by molar-refractivity contribution is -0.134. The smallest absolute Gasteiger partial charge is 0.341 e. The Morgan fingerprint density at radius 1 is 0.833 bits per heavy atom. The van der Waals surface area contributed by atoms with E-state index in [0.29, 0.717) is 18.6 Å². The molecule has 0 saturated carbocycles. The van der Waals surface area contributed by atoms with Crippen LogP contribution >= 0.6 is 0 Å². The van der Waals surface area contributed by atoms with E-state index in [1.807, 2.05) is 36.4 Å². The van der Waals surface area contributed by atoms with Crippen molar-refractivity contribution in [2.24, 2.45) is 5.41 Å². The summed E-state index contributed by atoms with van der Waals surface area (Å²) in [5.74, 6) is -0.380. The van der Waals surface area contributed by atoms with Gasteiger partial charge in [0.05, 0.1) is 16.8 Å². The lowest BCUT2D eigenvalue weighted by Crippen LogP contribution is -2.47. The van der Waals surface area contributed by atoms with Crippen molar-refractivity contribution in [3.8, 4) is 0 Å². The van der Waals surface area contributed by atoms with Crippen molar-refractivity contribution in [2.75, 3.05) is 39.3 Å². The molecule has 36 heavy (non-hydrogen) atoms. The number of hydrogen-bond donors (Lipinski definition) is 0. The molecule has 4 aliphatic rings. The molecule has 0 bridgehead atoms. The topological polar surface area (TPSA) is 59.1 Å². The Kier molecular flexibility index (Phi) is 6.08. The summed E-state index contributed by atoms with van der Waals surface area (Å²) >= 11 is 0. The van der Waals surface area contributed by atoms with Crippen molar-refractivity contribution >= 4 is 17.5 Å². The highest BCUT2D eigenvalue weighted by molar-refractivity contribution is 6.19. The number of cyclic esters (lactones) is 2. The minimum Gasteiger partial charge on any atom is -0.457 e. The normalized spacial score (nSPS) is 21.6. The van der Waals surface area contributed by atoms with E-state index in [4.69, 9.17) is 9.47 Å². The molecule has 0 aromatic heterocycles. The predicted octanol–water partition coefficient (Wildman–Crippen LogP) is 4.35. The van der Waals surface area contributed by atoms with Gasteiger partial charge in [0.2, 0.25) is 0 Å². The summed E-state index contributed by atoms with van der Waals surface area (Å²) < 4.78 is 10.7. The zero-order valence-corrected chi connectivity index (χ0v) is 21.1. The number of hydrogen-bond acceptors (Lipinski definition) is 6. The van der Waals surface area contributed by atoms with E-state index in [-0.39, 0.29) is 11.9 Å². The van der Waals surface area contributed by atoms with E-state index in [1.165, 1.54) is 36.8 Å². The standard InChI is InChI=1S/C30H34N2O4/c1-21-22(7-8-24-25(21)19-35-28(24)33)9-14-31-15-10-30(11-16-31)12-17-32(18-13-30)26-20-36-29(34)27(26)23-5-3-2-4-6-23/h2-8H,9-20H2,1H3. The lowest BCUT2D eigenvalue weighted by atomic mass is 9.71. The molecule has 0 radical (unpaired) electrons. The van der Waals surface area contributed by atoms with Crippen molar-refractivity contribution in [1.82, 2.24) is 9.80 Å². The zero-order chi connectivity index (χ0) is 24.7. The first kappa shape index (κ1) is 23.3. The third kappa shape index (κ3) is 4.21. The molecular formula is C30H34N2O4. The number of piperidine rings is 2. The Bertz CT molecular complexity index is 1200. The maximum absolute atomic E-state index is 12.5. The molecule has 6 nitrogen and oxygen atoms in total. The Hall–Kier alpha value is -3.12. The average molecular weight is 487 g/mol. The largest absolute Gasteiger partial charge is 0.457 e. The second kappa shape index (κ2) is 9.40. The molecule has 2 fully saturated rings. The number of benzene rings is 2. The van der Waals surface area contributed by atoms with Gasteiger partial charge in [0.1, 0.15) is 13.2 Å². The highest BCUT2D eigenvalue weighted by Gasteiger charge is 2.40. The molecule has 6 rings (SSSR count). The first-order chi connectivity index (χ1) is 17.5. The number of esters is 2. The molecule has 0 N–H and O–H groups in total. The molecule has 0 aliphatic carbocycles. The van der Waals surface area contributed by atoms with Crippen LogP contribution in [0.4, 0.5) is 0 Å². The molecule has 6 heteroatoms. The molecule has 1 spiro atoms. The Morgan fingerprint density at radius 2 is 1.53 bits per heavy atom. The number of likely N-dealkylation sites (tertiary alicyclic amines) is 2. The summed E-state index contributed by atoms with van der Waals surface area (Å²) in [5, 5.41) is 0. The predicted molar refractivity (Wildman–Crippen MR) is 137 cm³/mol. The third-order valence-electron chi connectivity index (χ3n) is 8.99. The van der Waals surface area contributed by atoms with Crippen LogP contribution in [0.15, 0.2) is 48.2 Å². The number of carbonyl (C=O) groups excluding carboxylic acids is 2. The Balaban J connectivity index is 1.04. The molecule has 0 amide bonds. The van der Waals surface area contributed by atoms with E-state index in [0.717, 1.165) is 67.1 Å². The van der Waals surface area contributed by atoms with Crippen LogP contribution in [0.1, 0.15) is 58.3 Å². The fraction of sp³-hybridized carbons (Fsp3) is 0.467. The van der Waals surface area contributed by atoms with Crippen molar-refractivity contribution in [3.63, 3.8) is 0 Å². The summed E-state index contributed by atoms with van der Waals surface area (Å²) in [6.45, 7) is 8.28. The maximum atomic E-state index is 12.5. The van der Waals surface area contributed by atoms with Crippen molar-refractivity contribution in [3.05, 3.63) is 76.0 Å². The molecule has 2 aromatic rings. The number of nitrogens with zero attached hydrogens (tertiary/aromatic N) is 2. The van der Waals surface area contributed by atoms with Crippen LogP contribution in [0, 0.1) is 12.3 Å². The second-order valence-electron chi connectivity index (χ2n) is 10.8. The molecule has 4 aliphatic heterocycles. The number of carbonyl (C=O) groups is 2. The number of fused-ring (bicyclic) bond motifs is 1. The van der Waals surface area contributed by atoms with Gasteiger partial charge >= 0.3 is 11.9 Å². The third-order valence-corrected chi connectivity index (χ3v) is 8.99. The van der Waals surface area contributed by atoms with Crippen molar-refractivity contribution in [2.45, 2.75) is 45.6 Å². The highest BCUT2D eigenvalue weighted by atomic mass is 16.5. The number of rotatable bonds is 5. The van der Waals surface area contributed by atoms with E-state index in [2.05, 4.69) is 22.8 Å². The van der Waals surface area contributed by atoms with Crippen LogP contribution in [0.3, 0.4) is 0 Å². The van der Waals surface area contributed by atoms with E-state index >= 15 is 0 Å². The van der Waals surface area contributed by atoms with Crippen molar-refractivity contribution in [1.29, 1.82) is 0 Å². The fourth-order valence-electron chi connectivity index (χ4n) is 6.48. The first-order valence-electron chi connectivity index (χ1n) is 13.2. The minimum atomic E-state index is -0.192. The van der Waals surface area contributed by atoms with Gasteiger partial charge in [0, 0.05) is 25.2 Å². The minimum absolute atomic E-state index is 0.188. The van der Waals surface area contributed by atoms with Crippen molar-refractivity contribution < 1.29 is 19.1 Å². The SMILES string of the molecule is Cc1c(CCN2CCC3(CC2)CCN(C2=C(c4ccccc4)C(=O)OC2)CC3)ccc2c1COC2=O. The van der Waals surface area contributed by atoms with Gasteiger partial charge in [-0.25, -0.2) is 9.59 Å². The van der Waals surface area contributed by atoms with Gasteiger partial charge in [-0.05, 0) is 80.3 Å². The van der Waals surface area contributed by atoms with Gasteiger partial charge in [-0.2, -0.15) is 0 Å². The van der Waals surface area contributed by atoms with Crippen LogP contribution in [-0.2, 0) is 27.3 Å². The fourth-order valence-corrected chi connectivity index (χ4v) is 6.48. The molecule has 0 atom stereocenters. The molecule has 0 unspecified atom stereocenters. The first-order valence-corrected chi connectivity index (χ1v) is 13.2. The van der Waals surface area contributed by atoms with E-state index in [9.17, 15) is 9.59 Å². The van der Waals surface area contributed by atoms with E-state index < -0.39 is 0 Å². The summed E-state index contributed by atoms with van der Waals surface area (Å²) in [6, 6.07) is 14.0. The van der Waals surface area contributed by atoms with Gasteiger partial charge in [-0.3, -0.25) is 0 Å². The second-order valence-corrected chi connectivity index (χ2v) is 10.8. The molecule has 2 aromatic carbocycles. The van der Waals surface area contributed by atoms with Gasteiger partial charge in [-0.1, -0.05) is 36.4 Å². The van der Waals surface area contributed by atoms with Gasteiger partial charge < -0.3 is 19.3 Å². The molecule has 4 heterocycles. The highest BCUT2D eigenvalue weighted by Crippen LogP contribution is 2.43. The Morgan fingerprint density at radius 3 is 2.28 bits per heavy atom. The summed E-state index contributed by atoms with van der Waals surface area (Å²) in [6.07, 6.45) is 5.86. The van der Waals surface area contributed by atoms with Gasteiger partial charge in [0.15, 0.2) is 0 Å². The van der Waals surface area contributed by atoms with Crippen LogP contribution < -0.4 is 0 Å². The average Bonchev–Trinajstić information content (AvgIpc) is 3.48. The Labute approximate surface area is 212 Å². The number of ether oxygens (including phenoxy) is 2. The lowest BCUT2D eigenvalue weighted by Gasteiger charge is -2.47. The summed E-state index contributed by atoms with van der Waals surface area (Å²) in [7, 11) is 0. The summed E-state index contributed by atoms with van der Waals surface area (Å²) in [5.41, 5.74) is 7.56. The molecular weight excluding hydrogens is 452 g/mol. The summed E-state index contributed by atoms with van der Waals surface area (Å²) in [4.78, 5) is 29.3. The van der Waals surface area contributed by atoms with Crippen LogP contribution in [0.5, 0.6) is 0 Å². The quantitative estimate of drug-likeness (QED) is 0.586. The molecule has 188 valence electrons. The van der Waals surface area contributed by atoms with Crippen LogP contribution in [-0.4, -0.2) is 61.1 Å². The molecule has 2 saturated heterocycles. The van der Waals surface area contributed by atoms with Gasteiger partial charge in [-0.15, -0.1) is 0 Å². The van der Waals surface area contributed by atoms with Gasteiger partial charge in [0.25, 0.3) is 0 Å². The zero-order valence-electron chi connectivity index (χ0n) is 21.1. The monoisotopic (exact) mass is 486 g/mol. The van der Waals surface area contributed by atoms with E-state index in [1.54, 1.807) is 0 Å². The maximum Gasteiger partial charge on any atom is 0.341 e. The van der Waals surface area contributed by atoms with Crippen LogP contribution in [0.25, 0.3) is 5.57 Å².